The van der Waals surface area contributed by atoms with Gasteiger partial charge >= 0.3 is 6.03 Å². The van der Waals surface area contributed by atoms with E-state index in [-0.39, 0.29) is 18.2 Å². The maximum Gasteiger partial charge on any atom is 0.320 e. The zero-order chi connectivity index (χ0) is 16.9. The van der Waals surface area contributed by atoms with E-state index in [9.17, 15) is 4.79 Å². The smallest absolute Gasteiger partial charge is 0.320 e. The predicted molar refractivity (Wildman–Crippen MR) is 90.6 cm³/mol. The minimum absolute atomic E-state index is 0.0682. The molecule has 1 aliphatic heterocycles. The van der Waals surface area contributed by atoms with Crippen LogP contribution in [0.3, 0.4) is 0 Å². The van der Waals surface area contributed by atoms with Gasteiger partial charge in [0.05, 0.1) is 6.20 Å². The first kappa shape index (κ1) is 16.2. The van der Waals surface area contributed by atoms with Crippen LogP contribution in [0, 0.1) is 0 Å². The van der Waals surface area contributed by atoms with Gasteiger partial charge in [-0.05, 0) is 26.0 Å². The molecule has 0 saturated heterocycles. The van der Waals surface area contributed by atoms with Crippen molar-refractivity contribution in [3.05, 3.63) is 36.5 Å². The number of benzene rings is 1. The van der Waals surface area contributed by atoms with E-state index in [4.69, 9.17) is 9.47 Å². The summed E-state index contributed by atoms with van der Waals surface area (Å²) >= 11 is 0. The number of fused-ring (bicyclic) bond motifs is 1. The summed E-state index contributed by atoms with van der Waals surface area (Å²) in [5, 5.41) is 9.82. The maximum absolute atomic E-state index is 12.0. The van der Waals surface area contributed by atoms with Crippen LogP contribution in [0.25, 0.3) is 0 Å². The van der Waals surface area contributed by atoms with Crippen molar-refractivity contribution in [2.24, 2.45) is 0 Å². The van der Waals surface area contributed by atoms with Crippen molar-refractivity contribution in [1.82, 2.24) is 15.1 Å². The van der Waals surface area contributed by atoms with Gasteiger partial charge in [-0.25, -0.2) is 9.48 Å². The average Bonchev–Trinajstić information content (AvgIpc) is 3.03. The lowest BCUT2D eigenvalue weighted by Gasteiger charge is -2.26. The highest BCUT2D eigenvalue weighted by Gasteiger charge is 2.20. The average molecular weight is 330 g/mol. The highest BCUT2D eigenvalue weighted by atomic mass is 16.6. The number of amides is 2. The molecule has 2 aromatic rings. The summed E-state index contributed by atoms with van der Waals surface area (Å²) in [6, 6.07) is 9.29. The number of para-hydroxylation sites is 2. The van der Waals surface area contributed by atoms with Crippen LogP contribution in [0.4, 0.5) is 10.6 Å². The SMILES string of the molecule is CC(C)n1nccc1NC(=O)NCC[C@@H]1COc2ccccc2O1. The van der Waals surface area contributed by atoms with Crippen molar-refractivity contribution in [2.75, 3.05) is 18.5 Å². The van der Waals surface area contributed by atoms with Gasteiger partial charge in [0, 0.05) is 25.1 Å². The summed E-state index contributed by atoms with van der Waals surface area (Å²) in [5.41, 5.74) is 0. The molecule has 3 rings (SSSR count). The second kappa shape index (κ2) is 7.25. The fourth-order valence-electron chi connectivity index (χ4n) is 2.54. The van der Waals surface area contributed by atoms with Crippen LogP contribution >= 0.6 is 0 Å². The van der Waals surface area contributed by atoms with Crippen LogP contribution in [0.5, 0.6) is 11.5 Å². The summed E-state index contributed by atoms with van der Waals surface area (Å²) in [6.07, 6.45) is 2.27. The number of rotatable bonds is 5. The minimum Gasteiger partial charge on any atom is -0.486 e. The van der Waals surface area contributed by atoms with E-state index < -0.39 is 0 Å². The number of carbonyl (C=O) groups excluding carboxylic acids is 1. The summed E-state index contributed by atoms with van der Waals surface area (Å²) in [6.45, 7) is 5.00. The number of nitrogens with zero attached hydrogens (tertiary/aromatic N) is 2. The fraction of sp³-hybridized carbons (Fsp3) is 0.412. The van der Waals surface area contributed by atoms with E-state index in [0.717, 1.165) is 11.5 Å². The first-order valence-corrected chi connectivity index (χ1v) is 8.10. The third-order valence-electron chi connectivity index (χ3n) is 3.72. The molecule has 7 heteroatoms. The first-order valence-electron chi connectivity index (χ1n) is 8.10. The summed E-state index contributed by atoms with van der Waals surface area (Å²) < 4.78 is 13.3. The van der Waals surface area contributed by atoms with Crippen molar-refractivity contribution in [1.29, 1.82) is 0 Å². The standard InChI is InChI=1S/C17H22N4O3/c1-12(2)21-16(8-10-19-21)20-17(22)18-9-7-13-11-23-14-5-3-4-6-15(14)24-13/h3-6,8,10,12-13H,7,9,11H2,1-2H3,(H2,18,20,22)/t13-/m1/s1. The third-order valence-corrected chi connectivity index (χ3v) is 3.72. The lowest BCUT2D eigenvalue weighted by molar-refractivity contribution is 0.0854. The van der Waals surface area contributed by atoms with Gasteiger partial charge < -0.3 is 14.8 Å². The minimum atomic E-state index is -0.255. The molecule has 0 spiro atoms. The lowest BCUT2D eigenvalue weighted by atomic mass is 10.2. The predicted octanol–water partition coefficient (Wildman–Crippen LogP) is 2.82. The van der Waals surface area contributed by atoms with E-state index in [0.29, 0.717) is 25.4 Å². The first-order chi connectivity index (χ1) is 11.6. The molecule has 2 N–H and O–H groups in total. The fourth-order valence-corrected chi connectivity index (χ4v) is 2.54. The van der Waals surface area contributed by atoms with Crippen LogP contribution in [-0.4, -0.2) is 35.1 Å². The van der Waals surface area contributed by atoms with E-state index in [2.05, 4.69) is 15.7 Å². The Balaban J connectivity index is 1.44. The molecule has 2 heterocycles. The van der Waals surface area contributed by atoms with Crippen LogP contribution in [0.1, 0.15) is 26.3 Å². The van der Waals surface area contributed by atoms with Crippen LogP contribution in [0.2, 0.25) is 0 Å². The number of urea groups is 1. The van der Waals surface area contributed by atoms with Gasteiger partial charge in [0.25, 0.3) is 0 Å². The molecule has 1 atom stereocenters. The molecule has 0 saturated carbocycles. The molecule has 0 aliphatic carbocycles. The molecule has 128 valence electrons. The Hall–Kier alpha value is -2.70. The highest BCUT2D eigenvalue weighted by molar-refractivity contribution is 5.88. The number of anilines is 1. The van der Waals surface area contributed by atoms with Crippen molar-refractivity contribution >= 4 is 11.8 Å². The van der Waals surface area contributed by atoms with Gasteiger partial charge in [-0.2, -0.15) is 5.10 Å². The van der Waals surface area contributed by atoms with Crippen molar-refractivity contribution in [3.8, 4) is 11.5 Å². The Morgan fingerprint density at radius 3 is 2.92 bits per heavy atom. The van der Waals surface area contributed by atoms with E-state index in [1.54, 1.807) is 16.9 Å². The Kier molecular flexibility index (Phi) is 4.88. The van der Waals surface area contributed by atoms with Crippen LogP contribution in [-0.2, 0) is 0 Å². The number of hydrogen-bond donors (Lipinski definition) is 2. The second-order valence-electron chi connectivity index (χ2n) is 5.92. The molecule has 0 fully saturated rings. The largest absolute Gasteiger partial charge is 0.486 e. The van der Waals surface area contributed by atoms with Gasteiger partial charge in [0.2, 0.25) is 0 Å². The van der Waals surface area contributed by atoms with Crippen molar-refractivity contribution in [2.45, 2.75) is 32.4 Å². The van der Waals surface area contributed by atoms with E-state index >= 15 is 0 Å². The number of ether oxygens (including phenoxy) is 2. The van der Waals surface area contributed by atoms with Gasteiger partial charge in [0.15, 0.2) is 11.5 Å². The Labute approximate surface area is 140 Å². The Morgan fingerprint density at radius 2 is 2.12 bits per heavy atom. The lowest BCUT2D eigenvalue weighted by Crippen LogP contribution is -2.36. The second-order valence-corrected chi connectivity index (χ2v) is 5.92. The molecule has 7 nitrogen and oxygen atoms in total. The Bertz CT molecular complexity index is 699. The quantitative estimate of drug-likeness (QED) is 0.884. The van der Waals surface area contributed by atoms with Crippen molar-refractivity contribution in [3.63, 3.8) is 0 Å². The molecule has 1 aromatic heterocycles. The highest BCUT2D eigenvalue weighted by Crippen LogP contribution is 2.31. The van der Waals surface area contributed by atoms with Gasteiger partial charge in [-0.15, -0.1) is 0 Å². The van der Waals surface area contributed by atoms with Gasteiger partial charge in [0.1, 0.15) is 18.5 Å². The molecular formula is C17H22N4O3. The van der Waals surface area contributed by atoms with Crippen molar-refractivity contribution < 1.29 is 14.3 Å². The number of aromatic nitrogens is 2. The zero-order valence-electron chi connectivity index (χ0n) is 13.9. The molecule has 1 aromatic carbocycles. The number of nitrogens with one attached hydrogen (secondary N) is 2. The normalized spacial score (nSPS) is 16.0. The summed E-state index contributed by atoms with van der Waals surface area (Å²) in [5.74, 6) is 2.19. The molecule has 1 aliphatic rings. The summed E-state index contributed by atoms with van der Waals surface area (Å²) in [4.78, 5) is 12.0. The molecule has 0 radical (unpaired) electrons. The number of carbonyl (C=O) groups is 1. The van der Waals surface area contributed by atoms with Crippen LogP contribution < -0.4 is 20.1 Å². The molecule has 24 heavy (non-hydrogen) atoms. The van der Waals surface area contributed by atoms with Crippen LogP contribution in [0.15, 0.2) is 36.5 Å². The third kappa shape index (κ3) is 3.79. The Morgan fingerprint density at radius 1 is 1.33 bits per heavy atom. The molecular weight excluding hydrogens is 308 g/mol. The van der Waals surface area contributed by atoms with Gasteiger partial charge in [-0.1, -0.05) is 12.1 Å². The zero-order valence-corrected chi connectivity index (χ0v) is 13.9. The molecule has 0 unspecified atom stereocenters. The molecule has 0 bridgehead atoms. The number of hydrogen-bond acceptors (Lipinski definition) is 4. The monoisotopic (exact) mass is 330 g/mol. The van der Waals surface area contributed by atoms with Gasteiger partial charge in [-0.3, -0.25) is 5.32 Å². The topological polar surface area (TPSA) is 77.4 Å². The molecule has 2 amide bonds. The van der Waals surface area contributed by atoms with E-state index in [1.165, 1.54) is 0 Å². The van der Waals surface area contributed by atoms with E-state index in [1.807, 2.05) is 38.1 Å². The summed E-state index contributed by atoms with van der Waals surface area (Å²) in [7, 11) is 0. The maximum atomic E-state index is 12.0.